The molecule has 0 aliphatic carbocycles. The van der Waals surface area contributed by atoms with Gasteiger partial charge in [0.1, 0.15) is 23.8 Å². The highest BCUT2D eigenvalue weighted by Gasteiger charge is 2.35. The van der Waals surface area contributed by atoms with E-state index in [2.05, 4.69) is 10.2 Å². The summed E-state index contributed by atoms with van der Waals surface area (Å²) in [6.45, 7) is 2.23. The molecule has 35 heavy (non-hydrogen) atoms. The number of benzene rings is 3. The average molecular weight is 528 g/mol. The van der Waals surface area contributed by atoms with Crippen LogP contribution in [0.25, 0.3) is 6.08 Å². The highest BCUT2D eigenvalue weighted by molar-refractivity contribution is 8.18. The molecule has 7 nitrogen and oxygen atoms in total. The van der Waals surface area contributed by atoms with Gasteiger partial charge in [0.05, 0.1) is 22.2 Å². The van der Waals surface area contributed by atoms with Gasteiger partial charge in [-0.05, 0) is 78.9 Å². The van der Waals surface area contributed by atoms with E-state index in [1.54, 1.807) is 30.3 Å². The maximum atomic E-state index is 12.8. The lowest BCUT2D eigenvalue weighted by Crippen LogP contribution is -2.32. The molecule has 0 saturated carbocycles. The second-order valence-electron chi connectivity index (χ2n) is 7.54. The van der Waals surface area contributed by atoms with E-state index in [-0.39, 0.29) is 23.8 Å². The summed E-state index contributed by atoms with van der Waals surface area (Å²) in [5, 5.41) is 18.9. The summed E-state index contributed by atoms with van der Waals surface area (Å²) in [5.41, 5.74) is 2.23. The smallest absolute Gasteiger partial charge is 0.293 e. The van der Waals surface area contributed by atoms with E-state index in [1.807, 2.05) is 31.2 Å². The number of azo groups is 1. The van der Waals surface area contributed by atoms with Gasteiger partial charge in [-0.25, -0.2) is 0 Å². The predicted octanol–water partition coefficient (Wildman–Crippen LogP) is 7.54. The SMILES string of the molecule is Cc1cccc(OCCN2C(=O)S/C(=C\c3cc(N=Nc4ccc(Cl)cc4Cl)ccc3O)C2=O)c1. The molecule has 0 spiro atoms. The number of thioether (sulfide) groups is 1. The summed E-state index contributed by atoms with van der Waals surface area (Å²) in [5.74, 6) is 0.151. The molecule has 0 bridgehead atoms. The van der Waals surface area contributed by atoms with Crippen LogP contribution in [0.5, 0.6) is 11.5 Å². The van der Waals surface area contributed by atoms with E-state index >= 15 is 0 Å². The number of phenolic OH excluding ortho intramolecular Hbond substituents is 1. The van der Waals surface area contributed by atoms with Gasteiger partial charge in [0.25, 0.3) is 11.1 Å². The van der Waals surface area contributed by atoms with Gasteiger partial charge in [-0.1, -0.05) is 35.3 Å². The lowest BCUT2D eigenvalue weighted by atomic mass is 10.1. The number of aryl methyl sites for hydroxylation is 1. The van der Waals surface area contributed by atoms with E-state index in [4.69, 9.17) is 27.9 Å². The minimum atomic E-state index is -0.452. The van der Waals surface area contributed by atoms with Crippen LogP contribution in [0.1, 0.15) is 11.1 Å². The van der Waals surface area contributed by atoms with Crippen LogP contribution >= 0.6 is 35.0 Å². The van der Waals surface area contributed by atoms with Crippen molar-refractivity contribution in [3.8, 4) is 11.5 Å². The fraction of sp³-hybridized carbons (Fsp3) is 0.120. The average Bonchev–Trinajstić information content (AvgIpc) is 3.08. The Morgan fingerprint density at radius 3 is 2.66 bits per heavy atom. The van der Waals surface area contributed by atoms with Crippen LogP contribution in [0.4, 0.5) is 16.2 Å². The number of imide groups is 1. The van der Waals surface area contributed by atoms with Crippen molar-refractivity contribution in [3.05, 3.63) is 86.7 Å². The number of amides is 2. The normalized spacial score (nSPS) is 14.9. The Bertz CT molecular complexity index is 1360. The van der Waals surface area contributed by atoms with Gasteiger partial charge in [0.15, 0.2) is 0 Å². The standard InChI is InChI=1S/C25H19Cl2N3O4S/c1-15-3-2-4-19(11-15)34-10-9-30-24(32)23(35-25(30)33)13-16-12-18(6-8-22(16)31)28-29-21-7-5-17(26)14-20(21)27/h2-8,11-14,31H,9-10H2,1H3/b23-13-,29-28?. The van der Waals surface area contributed by atoms with Crippen molar-refractivity contribution < 1.29 is 19.4 Å². The molecule has 1 saturated heterocycles. The van der Waals surface area contributed by atoms with Crippen LogP contribution in [-0.4, -0.2) is 34.3 Å². The highest BCUT2D eigenvalue weighted by Crippen LogP contribution is 2.35. The lowest BCUT2D eigenvalue weighted by Gasteiger charge is -2.13. The van der Waals surface area contributed by atoms with E-state index in [0.29, 0.717) is 32.7 Å². The first kappa shape index (κ1) is 24.8. The van der Waals surface area contributed by atoms with E-state index in [9.17, 15) is 14.7 Å². The van der Waals surface area contributed by atoms with E-state index < -0.39 is 11.1 Å². The molecule has 0 radical (unpaired) electrons. The minimum Gasteiger partial charge on any atom is -0.507 e. The number of ether oxygens (including phenoxy) is 1. The topological polar surface area (TPSA) is 91.6 Å². The van der Waals surface area contributed by atoms with Crippen LogP contribution in [0.15, 0.2) is 75.8 Å². The molecule has 0 unspecified atom stereocenters. The summed E-state index contributed by atoms with van der Waals surface area (Å²) >= 11 is 12.8. The van der Waals surface area contributed by atoms with Gasteiger partial charge in [0.2, 0.25) is 0 Å². The summed E-state index contributed by atoms with van der Waals surface area (Å²) in [4.78, 5) is 26.5. The summed E-state index contributed by atoms with van der Waals surface area (Å²) in [7, 11) is 0. The molecule has 1 aliphatic rings. The molecule has 10 heteroatoms. The van der Waals surface area contributed by atoms with Crippen molar-refractivity contribution in [1.29, 1.82) is 0 Å². The van der Waals surface area contributed by atoms with Crippen molar-refractivity contribution >= 4 is 63.6 Å². The fourth-order valence-corrected chi connectivity index (χ4v) is 4.49. The monoisotopic (exact) mass is 527 g/mol. The van der Waals surface area contributed by atoms with Gasteiger partial charge in [-0.2, -0.15) is 5.11 Å². The van der Waals surface area contributed by atoms with Crippen molar-refractivity contribution in [3.63, 3.8) is 0 Å². The molecule has 2 amide bonds. The molecule has 3 aromatic carbocycles. The zero-order valence-corrected chi connectivity index (χ0v) is 20.8. The van der Waals surface area contributed by atoms with Crippen molar-refractivity contribution in [2.24, 2.45) is 10.2 Å². The maximum absolute atomic E-state index is 12.8. The lowest BCUT2D eigenvalue weighted by molar-refractivity contribution is -0.123. The largest absolute Gasteiger partial charge is 0.507 e. The highest BCUT2D eigenvalue weighted by atomic mass is 35.5. The molecule has 178 valence electrons. The molecule has 1 fully saturated rings. The Morgan fingerprint density at radius 1 is 1.06 bits per heavy atom. The molecular weight excluding hydrogens is 509 g/mol. The number of nitrogens with zero attached hydrogens (tertiary/aromatic N) is 3. The number of halogens is 2. The minimum absolute atomic E-state index is 0.0666. The Hall–Kier alpha value is -3.33. The predicted molar refractivity (Wildman–Crippen MR) is 138 cm³/mol. The number of carbonyl (C=O) groups excluding carboxylic acids is 2. The van der Waals surface area contributed by atoms with Crippen molar-refractivity contribution in [1.82, 2.24) is 4.90 Å². The zero-order valence-electron chi connectivity index (χ0n) is 18.4. The van der Waals surface area contributed by atoms with Crippen LogP contribution in [-0.2, 0) is 4.79 Å². The molecule has 3 aromatic rings. The van der Waals surface area contributed by atoms with Crippen LogP contribution < -0.4 is 4.74 Å². The van der Waals surface area contributed by atoms with Gasteiger partial charge in [-0.3, -0.25) is 14.5 Å². The molecule has 1 aliphatic heterocycles. The number of aromatic hydroxyl groups is 1. The zero-order chi connectivity index (χ0) is 24.9. The Morgan fingerprint density at radius 2 is 1.89 bits per heavy atom. The number of carbonyl (C=O) groups is 2. The quantitative estimate of drug-likeness (QED) is 0.253. The fourth-order valence-electron chi connectivity index (χ4n) is 3.19. The molecule has 0 aromatic heterocycles. The summed E-state index contributed by atoms with van der Waals surface area (Å²) in [6, 6.07) is 16.9. The van der Waals surface area contributed by atoms with Crippen LogP contribution in [0, 0.1) is 6.92 Å². The number of phenols is 1. The second-order valence-corrected chi connectivity index (χ2v) is 9.37. The number of hydrogen-bond acceptors (Lipinski definition) is 7. The van der Waals surface area contributed by atoms with Crippen LogP contribution in [0.3, 0.4) is 0 Å². The summed E-state index contributed by atoms with van der Waals surface area (Å²) < 4.78 is 5.66. The first-order valence-corrected chi connectivity index (χ1v) is 12.0. The number of rotatable bonds is 7. The van der Waals surface area contributed by atoms with Gasteiger partial charge < -0.3 is 9.84 Å². The third-order valence-corrected chi connectivity index (χ3v) is 6.37. The van der Waals surface area contributed by atoms with E-state index in [1.165, 1.54) is 12.1 Å². The Kier molecular flexibility index (Phi) is 7.75. The molecule has 1 N–H and O–H groups in total. The van der Waals surface area contributed by atoms with E-state index in [0.717, 1.165) is 22.2 Å². The molecule has 4 rings (SSSR count). The van der Waals surface area contributed by atoms with Crippen molar-refractivity contribution in [2.45, 2.75) is 6.92 Å². The third-order valence-electron chi connectivity index (χ3n) is 4.93. The van der Waals surface area contributed by atoms with Crippen molar-refractivity contribution in [2.75, 3.05) is 13.2 Å². The van der Waals surface area contributed by atoms with Crippen LogP contribution in [0.2, 0.25) is 10.0 Å². The molecule has 0 atom stereocenters. The van der Waals surface area contributed by atoms with Gasteiger partial charge in [0, 0.05) is 10.6 Å². The third kappa shape index (κ3) is 6.22. The Balaban J connectivity index is 1.46. The molecule has 1 heterocycles. The first-order chi connectivity index (χ1) is 16.8. The van der Waals surface area contributed by atoms with Gasteiger partial charge >= 0.3 is 0 Å². The Labute approximate surface area is 216 Å². The molecular formula is C25H19Cl2N3O4S. The summed E-state index contributed by atoms with van der Waals surface area (Å²) in [6.07, 6.45) is 1.45. The second kappa shape index (κ2) is 10.9. The first-order valence-electron chi connectivity index (χ1n) is 10.4. The number of hydrogen-bond donors (Lipinski definition) is 1. The van der Waals surface area contributed by atoms with Gasteiger partial charge in [-0.15, -0.1) is 5.11 Å². The maximum Gasteiger partial charge on any atom is 0.293 e.